The van der Waals surface area contributed by atoms with Gasteiger partial charge in [0.05, 0.1) is 45.1 Å². The van der Waals surface area contributed by atoms with E-state index in [1.54, 1.807) is 0 Å². The van der Waals surface area contributed by atoms with Gasteiger partial charge in [-0.3, -0.25) is 0 Å². The standard InChI is InChI=1S/C65H67N5O2/c1-9-11-13-15-17-47-19-23-49(24-20-47)70(50-25-21-48(22-26-50)18-16-14-12-10-2)65-58-34-32-56(68-58)63(61-43(5)37-41(3)38-44(61)6)54-30-28-52(66-54)51(27-36-60(71)72)53-29-31-55(67-53)64(57-33-35-59(65)69-57)62-45(7)39-42(4)40-46(62)8/h19-26,28-35,37-40,66,69H,9-18H2,1-8H3,(H,71,72). The summed E-state index contributed by atoms with van der Waals surface area (Å²) in [6, 6.07) is 35.6. The molecule has 0 amide bonds. The molecule has 9 rings (SSSR count). The summed E-state index contributed by atoms with van der Waals surface area (Å²) in [5.41, 5.74) is 23.3. The second kappa shape index (κ2) is 21.7. The maximum absolute atomic E-state index is 12.1. The van der Waals surface area contributed by atoms with Gasteiger partial charge in [-0.1, -0.05) is 118 Å². The third-order valence-corrected chi connectivity index (χ3v) is 14.1. The molecule has 0 saturated heterocycles. The number of H-pyrrole nitrogens is 2. The number of aromatic nitrogens is 4. The van der Waals surface area contributed by atoms with Crippen LogP contribution in [0.15, 0.2) is 97.1 Å². The lowest BCUT2D eigenvalue weighted by Crippen LogP contribution is -2.12. The maximum Gasteiger partial charge on any atom is 0.382 e. The van der Waals surface area contributed by atoms with E-state index in [4.69, 9.17) is 9.97 Å². The van der Waals surface area contributed by atoms with Crippen molar-refractivity contribution in [1.82, 2.24) is 19.9 Å². The highest BCUT2D eigenvalue weighted by atomic mass is 16.4. The van der Waals surface area contributed by atoms with Crippen molar-refractivity contribution in [2.75, 3.05) is 4.90 Å². The number of unbranched alkanes of at least 4 members (excludes halogenated alkanes) is 6. The Balaban J connectivity index is 1.41. The van der Waals surface area contributed by atoms with Gasteiger partial charge in [-0.05, 0) is 185 Å². The summed E-state index contributed by atoms with van der Waals surface area (Å²) in [4.78, 5) is 33.2. The molecule has 72 heavy (non-hydrogen) atoms. The van der Waals surface area contributed by atoms with Gasteiger partial charge in [-0.15, -0.1) is 0 Å². The van der Waals surface area contributed by atoms with E-state index < -0.39 is 5.97 Å². The number of nitrogens with zero attached hydrogens (tertiary/aromatic N) is 3. The number of aromatic amines is 2. The van der Waals surface area contributed by atoms with Crippen LogP contribution in [0.1, 0.15) is 138 Å². The van der Waals surface area contributed by atoms with Gasteiger partial charge in [0.2, 0.25) is 0 Å². The minimum atomic E-state index is -1.21. The van der Waals surface area contributed by atoms with Crippen molar-refractivity contribution in [3.05, 3.63) is 170 Å². The van der Waals surface area contributed by atoms with E-state index in [0.29, 0.717) is 16.8 Å². The van der Waals surface area contributed by atoms with Gasteiger partial charge in [0.1, 0.15) is 0 Å². The molecule has 0 spiro atoms. The first kappa shape index (κ1) is 49.3. The normalized spacial score (nSPS) is 11.8. The number of aliphatic carboxylic acids is 1. The average Bonchev–Trinajstić information content (AvgIpc) is 4.21. The Labute approximate surface area is 425 Å². The van der Waals surface area contributed by atoms with E-state index in [0.717, 1.165) is 108 Å². The van der Waals surface area contributed by atoms with Crippen molar-refractivity contribution < 1.29 is 9.90 Å². The molecule has 8 bridgehead atoms. The Morgan fingerprint density at radius 2 is 0.917 bits per heavy atom. The van der Waals surface area contributed by atoms with E-state index in [2.05, 4.69) is 185 Å². The number of benzene rings is 4. The first-order valence-corrected chi connectivity index (χ1v) is 26.0. The molecule has 0 unspecified atom stereocenters. The van der Waals surface area contributed by atoms with Crippen LogP contribution in [0, 0.1) is 53.4 Å². The van der Waals surface area contributed by atoms with E-state index >= 15 is 0 Å². The highest BCUT2D eigenvalue weighted by Gasteiger charge is 2.24. The predicted octanol–water partition coefficient (Wildman–Crippen LogP) is 17.0. The third kappa shape index (κ3) is 10.5. The Bertz CT molecular complexity index is 3320. The van der Waals surface area contributed by atoms with E-state index in [9.17, 15) is 9.90 Å². The number of carbonyl (C=O) groups is 1. The molecule has 5 heterocycles. The molecule has 0 aliphatic carbocycles. The van der Waals surface area contributed by atoms with Crippen molar-refractivity contribution in [3.8, 4) is 34.1 Å². The summed E-state index contributed by atoms with van der Waals surface area (Å²) >= 11 is 0. The fraction of sp³-hybridized carbons (Fsp3) is 0.277. The largest absolute Gasteiger partial charge is 0.472 e. The Morgan fingerprint density at radius 3 is 1.39 bits per heavy atom. The third-order valence-electron chi connectivity index (χ3n) is 14.1. The number of hydrogen-bond donors (Lipinski definition) is 3. The van der Waals surface area contributed by atoms with Crippen LogP contribution in [0.25, 0.3) is 68.6 Å². The molecule has 3 N–H and O–H groups in total. The van der Waals surface area contributed by atoms with Gasteiger partial charge in [0.25, 0.3) is 0 Å². The summed E-state index contributed by atoms with van der Waals surface area (Å²) in [5, 5.41) is 9.87. The van der Waals surface area contributed by atoms with Gasteiger partial charge in [0.15, 0.2) is 0 Å². The topological polar surface area (TPSA) is 97.9 Å². The summed E-state index contributed by atoms with van der Waals surface area (Å²) in [5.74, 6) is 4.19. The van der Waals surface area contributed by atoms with Crippen molar-refractivity contribution in [2.45, 2.75) is 120 Å². The number of nitrogens with one attached hydrogen (secondary N) is 2. The van der Waals surface area contributed by atoms with Gasteiger partial charge in [-0.25, -0.2) is 14.8 Å². The van der Waals surface area contributed by atoms with Gasteiger partial charge in [0, 0.05) is 39.5 Å². The summed E-state index contributed by atoms with van der Waals surface area (Å²) < 4.78 is 0. The van der Waals surface area contributed by atoms with Crippen LogP contribution in [0.2, 0.25) is 0 Å². The van der Waals surface area contributed by atoms with Crippen molar-refractivity contribution >= 4 is 69.4 Å². The van der Waals surface area contributed by atoms with Crippen LogP contribution in [0.5, 0.6) is 0 Å². The lowest BCUT2D eigenvalue weighted by molar-refractivity contribution is -0.130. The number of anilines is 3. The number of carboxylic acid groups (broad SMARTS) is 1. The molecule has 2 aliphatic heterocycles. The first-order chi connectivity index (χ1) is 34.9. The number of carboxylic acids is 1. The summed E-state index contributed by atoms with van der Waals surface area (Å²) in [6.07, 6.45) is 20.1. The van der Waals surface area contributed by atoms with Gasteiger partial charge >= 0.3 is 5.97 Å². The zero-order valence-corrected chi connectivity index (χ0v) is 43.3. The lowest BCUT2D eigenvalue weighted by atomic mass is 9.92. The number of fused-ring (bicyclic) bond motifs is 8. The average molecular weight is 950 g/mol. The van der Waals surface area contributed by atoms with Crippen LogP contribution < -0.4 is 4.90 Å². The van der Waals surface area contributed by atoms with Crippen molar-refractivity contribution in [3.63, 3.8) is 0 Å². The summed E-state index contributed by atoms with van der Waals surface area (Å²) in [7, 11) is 0. The Hall–Kier alpha value is -7.69. The van der Waals surface area contributed by atoms with Crippen LogP contribution in [0.3, 0.4) is 0 Å². The van der Waals surface area contributed by atoms with Crippen molar-refractivity contribution in [1.29, 1.82) is 0 Å². The minimum Gasteiger partial charge on any atom is -0.472 e. The molecule has 0 fully saturated rings. The first-order valence-electron chi connectivity index (χ1n) is 26.0. The molecule has 0 saturated carbocycles. The molecule has 4 aromatic carbocycles. The number of rotatable bonds is 15. The zero-order chi connectivity index (χ0) is 50.5. The molecule has 364 valence electrons. The smallest absolute Gasteiger partial charge is 0.382 e. The molecule has 7 aromatic rings. The van der Waals surface area contributed by atoms with Crippen molar-refractivity contribution in [2.24, 2.45) is 0 Å². The highest BCUT2D eigenvalue weighted by molar-refractivity contribution is 6.01. The van der Waals surface area contributed by atoms with E-state index in [1.165, 1.54) is 73.6 Å². The molecule has 7 heteroatoms. The Morgan fingerprint density at radius 1 is 0.500 bits per heavy atom. The second-order valence-corrected chi connectivity index (χ2v) is 19.9. The molecule has 7 nitrogen and oxygen atoms in total. The number of aryl methyl sites for hydroxylation is 8. The van der Waals surface area contributed by atoms with Crippen LogP contribution in [-0.4, -0.2) is 31.0 Å². The molecular weight excluding hydrogens is 883 g/mol. The highest BCUT2D eigenvalue weighted by Crippen LogP contribution is 2.44. The van der Waals surface area contributed by atoms with Gasteiger partial charge < -0.3 is 20.0 Å². The maximum atomic E-state index is 12.1. The molecular formula is C65H67N5O2. The zero-order valence-electron chi connectivity index (χ0n) is 43.3. The van der Waals surface area contributed by atoms with E-state index in [-0.39, 0.29) is 0 Å². The number of hydrogen-bond acceptors (Lipinski definition) is 4. The van der Waals surface area contributed by atoms with Crippen LogP contribution in [-0.2, 0) is 17.6 Å². The second-order valence-electron chi connectivity index (χ2n) is 19.9. The predicted molar refractivity (Wildman–Crippen MR) is 303 cm³/mol. The molecule has 0 radical (unpaired) electrons. The molecule has 0 atom stereocenters. The van der Waals surface area contributed by atoms with Crippen LogP contribution >= 0.6 is 0 Å². The molecule has 3 aromatic heterocycles. The Kier molecular flexibility index (Phi) is 14.9. The SMILES string of the molecule is CCCCCCc1ccc(N(c2ccc(CCCCCC)cc2)c2c3nc(c(-c4c(C)cc(C)cc4C)c4ccc([nH]4)c(C#CC(=O)O)c4nc(c(-c5c(C)cc(C)cc5C)c5ccc2[nH]5)C=C4)C=C3)cc1. The fourth-order valence-corrected chi connectivity index (χ4v) is 10.9. The lowest BCUT2D eigenvalue weighted by Gasteiger charge is -2.27. The summed E-state index contributed by atoms with van der Waals surface area (Å²) in [6.45, 7) is 17.4. The monoisotopic (exact) mass is 950 g/mol. The quantitative estimate of drug-likeness (QED) is 0.0702. The van der Waals surface area contributed by atoms with Gasteiger partial charge in [-0.2, -0.15) is 0 Å². The molecule has 2 aliphatic rings. The van der Waals surface area contributed by atoms with Crippen LogP contribution in [0.4, 0.5) is 17.1 Å². The minimum absolute atomic E-state index is 0.490. The van der Waals surface area contributed by atoms with E-state index in [1.807, 2.05) is 18.2 Å². The fourth-order valence-electron chi connectivity index (χ4n) is 10.9.